The highest BCUT2D eigenvalue weighted by Crippen LogP contribution is 2.34. The van der Waals surface area contributed by atoms with E-state index >= 15 is 0 Å². The highest BCUT2D eigenvalue weighted by atomic mass is 15.3. The van der Waals surface area contributed by atoms with Gasteiger partial charge < -0.3 is 4.57 Å². The lowest BCUT2D eigenvalue weighted by atomic mass is 9.94. The van der Waals surface area contributed by atoms with Gasteiger partial charge in [-0.05, 0) is 61.3 Å². The van der Waals surface area contributed by atoms with Crippen molar-refractivity contribution in [3.05, 3.63) is 58.4 Å². The topological polar surface area (TPSA) is 35.2 Å². The normalized spacial score (nSPS) is 25.6. The van der Waals surface area contributed by atoms with Crippen LogP contribution in [-0.2, 0) is 26.4 Å². The Balaban J connectivity index is 1.32. The molecule has 4 heteroatoms. The fourth-order valence-corrected chi connectivity index (χ4v) is 5.75. The quantitative estimate of drug-likeness (QED) is 0.827. The van der Waals surface area contributed by atoms with Crippen molar-refractivity contribution >= 4 is 0 Å². The Labute approximate surface area is 168 Å². The Kier molecular flexibility index (Phi) is 4.53. The van der Waals surface area contributed by atoms with Crippen molar-refractivity contribution in [1.82, 2.24) is 14.4 Å². The fraction of sp³-hybridized carbons (Fsp3) is 0.542. The summed E-state index contributed by atoms with van der Waals surface area (Å²) >= 11 is 0. The van der Waals surface area contributed by atoms with Crippen molar-refractivity contribution in [2.24, 2.45) is 13.0 Å². The summed E-state index contributed by atoms with van der Waals surface area (Å²) in [5.74, 6) is 0.780. The average Bonchev–Trinajstić information content (AvgIpc) is 3.10. The molecule has 2 aromatic rings. The first-order valence-corrected chi connectivity index (χ1v) is 10.7. The number of fused-ring (bicyclic) bond motifs is 5. The predicted molar refractivity (Wildman–Crippen MR) is 111 cm³/mol. The summed E-state index contributed by atoms with van der Waals surface area (Å²) in [5.41, 5.74) is 6.46. The van der Waals surface area contributed by atoms with Crippen LogP contribution in [0.2, 0.25) is 0 Å². The van der Waals surface area contributed by atoms with Gasteiger partial charge in [0.2, 0.25) is 0 Å². The van der Waals surface area contributed by atoms with Crippen LogP contribution in [-0.4, -0.2) is 46.1 Å². The molecule has 3 saturated heterocycles. The molecule has 6 rings (SSSR count). The fourth-order valence-electron chi connectivity index (χ4n) is 5.75. The predicted octanol–water partition coefficient (Wildman–Crippen LogP) is 3.27. The third-order valence-corrected chi connectivity index (χ3v) is 7.53. The Bertz CT molecular complexity index is 896. The minimum absolute atomic E-state index is 0.646. The van der Waals surface area contributed by atoms with E-state index in [4.69, 9.17) is 0 Å². The summed E-state index contributed by atoms with van der Waals surface area (Å²) in [5, 5.41) is 9.35. The van der Waals surface area contributed by atoms with Crippen LogP contribution in [0.25, 0.3) is 0 Å². The number of piperidine rings is 1. The summed E-state index contributed by atoms with van der Waals surface area (Å²) in [4.78, 5) is 5.51. The van der Waals surface area contributed by atoms with Gasteiger partial charge in [-0.1, -0.05) is 24.3 Å². The second kappa shape index (κ2) is 7.06. The second-order valence-corrected chi connectivity index (χ2v) is 9.12. The molecule has 146 valence electrons. The number of benzene rings is 1. The zero-order valence-corrected chi connectivity index (χ0v) is 17.1. The maximum Gasteiger partial charge on any atom is 0.120 e. The molecule has 1 aliphatic carbocycles. The number of aromatic nitrogens is 1. The van der Waals surface area contributed by atoms with E-state index in [1.807, 2.05) is 11.6 Å². The van der Waals surface area contributed by atoms with Gasteiger partial charge in [0.15, 0.2) is 0 Å². The van der Waals surface area contributed by atoms with Crippen LogP contribution in [0.4, 0.5) is 0 Å². The molecule has 4 nitrogen and oxygen atoms in total. The lowest BCUT2D eigenvalue weighted by Crippen LogP contribution is -2.44. The third-order valence-electron chi connectivity index (χ3n) is 7.53. The van der Waals surface area contributed by atoms with Crippen LogP contribution in [0.15, 0.2) is 30.3 Å². The molecule has 2 bridgehead atoms. The lowest BCUT2D eigenvalue weighted by Gasteiger charge is -2.36. The van der Waals surface area contributed by atoms with Gasteiger partial charge in [0.25, 0.3) is 0 Å². The van der Waals surface area contributed by atoms with Crippen molar-refractivity contribution in [2.45, 2.75) is 51.2 Å². The number of hydrogen-bond donors (Lipinski definition) is 0. The molecule has 0 N–H and O–H groups in total. The summed E-state index contributed by atoms with van der Waals surface area (Å²) < 4.78 is 2.04. The molecule has 0 saturated carbocycles. The highest BCUT2D eigenvalue weighted by molar-refractivity contribution is 5.35. The maximum atomic E-state index is 9.35. The zero-order valence-electron chi connectivity index (χ0n) is 17.1. The van der Waals surface area contributed by atoms with E-state index in [0.29, 0.717) is 12.1 Å². The van der Waals surface area contributed by atoms with Crippen molar-refractivity contribution in [1.29, 1.82) is 5.26 Å². The number of nitriles is 1. The van der Waals surface area contributed by atoms with E-state index in [-0.39, 0.29) is 0 Å². The first kappa shape index (κ1) is 18.0. The van der Waals surface area contributed by atoms with Crippen LogP contribution in [0.3, 0.4) is 0 Å². The molecule has 0 spiro atoms. The van der Waals surface area contributed by atoms with E-state index in [9.17, 15) is 5.26 Å². The summed E-state index contributed by atoms with van der Waals surface area (Å²) in [6.45, 7) is 6.79. The molecule has 1 aromatic carbocycles. The van der Waals surface area contributed by atoms with E-state index < -0.39 is 0 Å². The van der Waals surface area contributed by atoms with E-state index in [0.717, 1.165) is 18.2 Å². The molecule has 4 aliphatic rings. The van der Waals surface area contributed by atoms with Gasteiger partial charge in [-0.15, -0.1) is 0 Å². The summed E-state index contributed by atoms with van der Waals surface area (Å²) in [6, 6.07) is 14.8. The van der Waals surface area contributed by atoms with Gasteiger partial charge in [-0.2, -0.15) is 5.26 Å². The van der Waals surface area contributed by atoms with Gasteiger partial charge >= 0.3 is 0 Å². The average molecular weight is 375 g/mol. The van der Waals surface area contributed by atoms with E-state index in [2.05, 4.69) is 53.1 Å². The number of hydrogen-bond acceptors (Lipinski definition) is 3. The molecular weight excluding hydrogens is 344 g/mol. The first-order valence-electron chi connectivity index (χ1n) is 10.7. The monoisotopic (exact) mass is 374 g/mol. The van der Waals surface area contributed by atoms with Crippen molar-refractivity contribution in [3.63, 3.8) is 0 Å². The number of nitrogens with zero attached hydrogens (tertiary/aromatic N) is 4. The van der Waals surface area contributed by atoms with E-state index in [1.165, 1.54) is 56.6 Å². The van der Waals surface area contributed by atoms with Gasteiger partial charge in [0.05, 0.1) is 0 Å². The van der Waals surface area contributed by atoms with Gasteiger partial charge in [0.1, 0.15) is 11.8 Å². The third kappa shape index (κ3) is 3.07. The summed E-state index contributed by atoms with van der Waals surface area (Å²) in [6.07, 6.45) is 5.13. The largest absolute Gasteiger partial charge is 0.340 e. The lowest BCUT2D eigenvalue weighted by molar-refractivity contribution is 0.120. The maximum absolute atomic E-state index is 9.35. The van der Waals surface area contributed by atoms with Crippen LogP contribution < -0.4 is 0 Å². The molecular formula is C24H30N4. The molecule has 3 fully saturated rings. The zero-order chi connectivity index (χ0) is 19.3. The van der Waals surface area contributed by atoms with E-state index in [1.54, 1.807) is 11.1 Å². The molecule has 0 radical (unpaired) electrons. The minimum atomic E-state index is 0.646. The number of rotatable bonds is 3. The van der Waals surface area contributed by atoms with Gasteiger partial charge in [0, 0.05) is 51.0 Å². The Morgan fingerprint density at radius 3 is 2.46 bits per heavy atom. The highest BCUT2D eigenvalue weighted by Gasteiger charge is 2.38. The van der Waals surface area contributed by atoms with Gasteiger partial charge in [-0.3, -0.25) is 9.80 Å². The van der Waals surface area contributed by atoms with Crippen LogP contribution >= 0.6 is 0 Å². The molecule has 28 heavy (non-hydrogen) atoms. The Morgan fingerprint density at radius 1 is 1.04 bits per heavy atom. The van der Waals surface area contributed by atoms with Crippen LogP contribution in [0.1, 0.15) is 40.9 Å². The SMILES string of the molecule is Cc1c(CN2C[C@H]3CC[C@@H]2CN(C2Cc4ccccc4C2)C3)cc(C#N)n1C. The Morgan fingerprint density at radius 2 is 1.79 bits per heavy atom. The standard InChI is InChI=1S/C24H30N4/c1-17-21(11-24(12-25)26(17)2)15-27-13-18-7-8-22(27)16-28(14-18)23-9-19-5-3-4-6-20(19)10-23/h3-6,11,18,22-23H,7-10,13-16H2,1-2H3/t18-,22-/m1/s1. The van der Waals surface area contributed by atoms with Crippen molar-refractivity contribution in [2.75, 3.05) is 19.6 Å². The smallest absolute Gasteiger partial charge is 0.120 e. The molecule has 1 aromatic heterocycles. The molecule has 3 aliphatic heterocycles. The summed E-state index contributed by atoms with van der Waals surface area (Å²) in [7, 11) is 2.01. The molecule has 4 heterocycles. The van der Waals surface area contributed by atoms with Crippen LogP contribution in [0, 0.1) is 24.2 Å². The first-order chi connectivity index (χ1) is 13.6. The Hall–Kier alpha value is -2.09. The minimum Gasteiger partial charge on any atom is -0.340 e. The van der Waals surface area contributed by atoms with Crippen molar-refractivity contribution < 1.29 is 0 Å². The molecule has 0 amide bonds. The van der Waals surface area contributed by atoms with Crippen molar-refractivity contribution in [3.8, 4) is 6.07 Å². The van der Waals surface area contributed by atoms with Gasteiger partial charge in [-0.25, -0.2) is 0 Å². The molecule has 2 atom stereocenters. The van der Waals surface area contributed by atoms with Crippen LogP contribution in [0.5, 0.6) is 0 Å². The second-order valence-electron chi connectivity index (χ2n) is 9.12. The molecule has 0 unspecified atom stereocenters.